The van der Waals surface area contributed by atoms with Gasteiger partial charge in [-0.2, -0.15) is 15.1 Å². The molecular weight excluding hydrogens is 214 g/mol. The molecule has 0 aliphatic carbocycles. The van der Waals surface area contributed by atoms with Crippen molar-refractivity contribution in [3.63, 3.8) is 0 Å². The summed E-state index contributed by atoms with van der Waals surface area (Å²) in [4.78, 5) is 0. The third kappa shape index (κ3) is 9.51. The van der Waals surface area contributed by atoms with E-state index in [9.17, 15) is 0 Å². The Morgan fingerprint density at radius 1 is 1.24 bits per heavy atom. The highest BCUT2D eigenvalue weighted by molar-refractivity contribution is 5.07. The quantitative estimate of drug-likeness (QED) is 0.344. The maximum absolute atomic E-state index is 7.10. The molecule has 17 heavy (non-hydrogen) atoms. The van der Waals surface area contributed by atoms with Gasteiger partial charge in [-0.15, -0.1) is 6.58 Å². The molecule has 0 radical (unpaired) electrons. The van der Waals surface area contributed by atoms with Crippen LogP contribution < -0.4 is 16.0 Å². The number of nitrogens with two attached hydrogens (primary N) is 2. The smallest absolute Gasteiger partial charge is 0.190 e. The summed E-state index contributed by atoms with van der Waals surface area (Å²) in [6.45, 7) is 7.39. The minimum atomic E-state index is 0.882. The number of hydrogen-bond donors (Lipinski definition) is 2. The van der Waals surface area contributed by atoms with E-state index in [0.29, 0.717) is 0 Å². The molecule has 0 aliphatic rings. The average Bonchev–Trinajstić information content (AvgIpc) is 2.32. The van der Waals surface area contributed by atoms with Crippen LogP contribution >= 0.6 is 0 Å². The summed E-state index contributed by atoms with van der Waals surface area (Å²) in [5, 5.41) is 14.2. The summed E-state index contributed by atoms with van der Waals surface area (Å²) in [6, 6.07) is 6.05. The maximum Gasteiger partial charge on any atom is 0.190 e. The van der Waals surface area contributed by atoms with Gasteiger partial charge >= 0.3 is 0 Å². The first-order valence-electron chi connectivity index (χ1n) is 4.63. The number of nitrogens with zero attached hydrogens (tertiary/aromatic N) is 3. The molecule has 0 saturated carbocycles. The number of pyridine rings is 1. The molecule has 4 N–H and O–H groups in total. The lowest BCUT2D eigenvalue weighted by atomic mass is 10.2. The third-order valence-corrected chi connectivity index (χ3v) is 1.53. The number of aromatic nitrogens is 1. The van der Waals surface area contributed by atoms with Crippen LogP contribution in [0.5, 0.6) is 0 Å². The Morgan fingerprint density at radius 3 is 2.18 bits per heavy atom. The van der Waals surface area contributed by atoms with Gasteiger partial charge in [0, 0.05) is 12.1 Å². The third-order valence-electron chi connectivity index (χ3n) is 1.53. The van der Waals surface area contributed by atoms with Gasteiger partial charge in [-0.3, -0.25) is 0 Å². The molecule has 1 rings (SSSR count). The van der Waals surface area contributed by atoms with Crippen molar-refractivity contribution in [3.8, 4) is 12.4 Å². The van der Waals surface area contributed by atoms with E-state index in [1.807, 2.05) is 29.0 Å². The molecule has 5 heteroatoms. The fourth-order valence-electron chi connectivity index (χ4n) is 0.990. The Morgan fingerprint density at radius 2 is 1.76 bits per heavy atom. The second-order valence-electron chi connectivity index (χ2n) is 2.53. The predicted octanol–water partition coefficient (Wildman–Crippen LogP) is 0.655. The van der Waals surface area contributed by atoms with E-state index in [2.05, 4.69) is 30.7 Å². The van der Waals surface area contributed by atoms with Crippen LogP contribution in [-0.2, 0) is 6.42 Å². The Bertz CT molecular complexity index is 400. The molecule has 0 aliphatic heterocycles. The molecule has 88 valence electrons. The monoisotopic (exact) mass is 230 g/mol. The first kappa shape index (κ1) is 16.6. The standard InChI is InChI=1S/C10H12N.2CH2N2/c1-3-7-10-8-5-6-9-11(10)4-2;2*2-1-3/h3-6,8-9H,1-2,7H2;2*2H2/q+1;;. The first-order chi connectivity index (χ1) is 8.21. The van der Waals surface area contributed by atoms with Gasteiger partial charge in [0.25, 0.3) is 0 Å². The maximum atomic E-state index is 7.10. The van der Waals surface area contributed by atoms with Crippen LogP contribution in [0, 0.1) is 22.9 Å². The van der Waals surface area contributed by atoms with E-state index < -0.39 is 0 Å². The van der Waals surface area contributed by atoms with Gasteiger partial charge in [-0.05, 0) is 6.58 Å². The van der Waals surface area contributed by atoms with Crippen LogP contribution in [0.2, 0.25) is 0 Å². The summed E-state index contributed by atoms with van der Waals surface area (Å²) in [5.74, 6) is 0. The molecule has 1 aromatic rings. The molecule has 5 nitrogen and oxygen atoms in total. The lowest BCUT2D eigenvalue weighted by Crippen LogP contribution is -2.29. The largest absolute Gasteiger partial charge is 0.337 e. The predicted molar refractivity (Wildman–Crippen MR) is 66.5 cm³/mol. The number of allylic oxidation sites excluding steroid dienone is 1. The summed E-state index contributed by atoms with van der Waals surface area (Å²) in [6.07, 6.45) is 9.03. The van der Waals surface area contributed by atoms with Gasteiger partial charge in [-0.25, -0.2) is 0 Å². The Kier molecular flexibility index (Phi) is 12.9. The molecule has 0 saturated heterocycles. The van der Waals surface area contributed by atoms with Gasteiger partial charge in [0.1, 0.15) is 0 Å². The number of nitriles is 2. The fraction of sp³-hybridized carbons (Fsp3) is 0.0833. The van der Waals surface area contributed by atoms with Gasteiger partial charge in [0.15, 0.2) is 30.5 Å². The molecule has 0 amide bonds. The summed E-state index contributed by atoms with van der Waals surface area (Å²) < 4.78 is 1.99. The number of rotatable bonds is 3. The van der Waals surface area contributed by atoms with E-state index >= 15 is 0 Å². The second kappa shape index (κ2) is 13.2. The Balaban J connectivity index is 0. The number of hydrogen-bond acceptors (Lipinski definition) is 4. The average molecular weight is 230 g/mol. The van der Waals surface area contributed by atoms with E-state index in [0.717, 1.165) is 6.42 Å². The van der Waals surface area contributed by atoms with Gasteiger partial charge in [0.2, 0.25) is 0 Å². The van der Waals surface area contributed by atoms with Crippen molar-refractivity contribution >= 4 is 6.20 Å². The fourth-order valence-corrected chi connectivity index (χ4v) is 0.990. The van der Waals surface area contributed by atoms with Gasteiger partial charge < -0.3 is 11.5 Å². The minimum absolute atomic E-state index is 0.882. The highest BCUT2D eigenvalue weighted by atomic mass is 14.9. The zero-order valence-electron chi connectivity index (χ0n) is 9.58. The van der Waals surface area contributed by atoms with Crippen molar-refractivity contribution in [2.45, 2.75) is 6.42 Å². The Labute approximate surface area is 102 Å². The highest BCUT2D eigenvalue weighted by Gasteiger charge is 2.01. The highest BCUT2D eigenvalue weighted by Crippen LogP contribution is 1.92. The topological polar surface area (TPSA) is 103 Å². The summed E-state index contributed by atoms with van der Waals surface area (Å²) >= 11 is 0. The van der Waals surface area contributed by atoms with Crippen LogP contribution in [0.25, 0.3) is 6.20 Å². The van der Waals surface area contributed by atoms with Crippen molar-refractivity contribution in [2.75, 3.05) is 0 Å². The lowest BCUT2D eigenvalue weighted by molar-refractivity contribution is -0.576. The van der Waals surface area contributed by atoms with Crippen LogP contribution in [-0.4, -0.2) is 0 Å². The van der Waals surface area contributed by atoms with Gasteiger partial charge in [0.05, 0.1) is 6.42 Å². The molecular formula is C12H16N5+. The molecule has 0 bridgehead atoms. The molecule has 0 unspecified atom stereocenters. The normalized spacial score (nSPS) is 6.71. The van der Waals surface area contributed by atoms with E-state index in [1.165, 1.54) is 18.1 Å². The summed E-state index contributed by atoms with van der Waals surface area (Å²) in [5.41, 5.74) is 9.51. The Hall–Kier alpha value is -2.79. The van der Waals surface area contributed by atoms with Crippen LogP contribution in [0.15, 0.2) is 43.6 Å². The van der Waals surface area contributed by atoms with Crippen LogP contribution in [0.4, 0.5) is 0 Å². The SMILES string of the molecule is C=CCc1cccc[n+]1C=C.N#CN.N#CN. The van der Waals surface area contributed by atoms with E-state index in [-0.39, 0.29) is 0 Å². The van der Waals surface area contributed by atoms with Crippen molar-refractivity contribution in [3.05, 3.63) is 49.3 Å². The van der Waals surface area contributed by atoms with Crippen molar-refractivity contribution in [2.24, 2.45) is 11.5 Å². The van der Waals surface area contributed by atoms with Gasteiger partial charge in [-0.1, -0.05) is 12.1 Å². The molecule has 1 aromatic heterocycles. The van der Waals surface area contributed by atoms with Crippen LogP contribution in [0.1, 0.15) is 5.69 Å². The molecule has 0 aromatic carbocycles. The second-order valence-corrected chi connectivity index (χ2v) is 2.53. The minimum Gasteiger partial charge on any atom is -0.337 e. The summed E-state index contributed by atoms with van der Waals surface area (Å²) in [7, 11) is 0. The molecule has 0 fully saturated rings. The first-order valence-corrected chi connectivity index (χ1v) is 4.63. The van der Waals surface area contributed by atoms with Crippen LogP contribution in [0.3, 0.4) is 0 Å². The molecule has 0 atom stereocenters. The van der Waals surface area contributed by atoms with E-state index in [1.54, 1.807) is 6.20 Å². The zero-order valence-corrected chi connectivity index (χ0v) is 9.58. The van der Waals surface area contributed by atoms with Crippen molar-refractivity contribution < 1.29 is 4.57 Å². The van der Waals surface area contributed by atoms with Crippen molar-refractivity contribution in [1.29, 1.82) is 10.5 Å². The molecule has 1 heterocycles. The van der Waals surface area contributed by atoms with E-state index in [4.69, 9.17) is 10.5 Å². The van der Waals surface area contributed by atoms with Crippen molar-refractivity contribution in [1.82, 2.24) is 0 Å². The lowest BCUT2D eigenvalue weighted by Gasteiger charge is -1.93. The zero-order chi connectivity index (χ0) is 13.5. The molecule has 0 spiro atoms.